The molecule has 1 aliphatic rings. The molecule has 1 aliphatic carbocycles. The van der Waals surface area contributed by atoms with E-state index in [2.05, 4.69) is 5.32 Å². The third-order valence-electron chi connectivity index (χ3n) is 4.70. The van der Waals surface area contributed by atoms with E-state index in [1.54, 1.807) is 18.7 Å². The lowest BCUT2D eigenvalue weighted by molar-refractivity contribution is -0.148. The highest BCUT2D eigenvalue weighted by Crippen LogP contribution is 2.40. The molecule has 1 unspecified atom stereocenters. The van der Waals surface area contributed by atoms with Crippen LogP contribution in [0.3, 0.4) is 0 Å². The molecular weight excluding hydrogens is 382 g/mol. The lowest BCUT2D eigenvalue weighted by Crippen LogP contribution is -2.51. The molecular formula is C20H27NO4S2. The molecule has 0 spiro atoms. The average Bonchev–Trinajstić information content (AvgIpc) is 3.03. The van der Waals surface area contributed by atoms with Crippen molar-refractivity contribution in [2.24, 2.45) is 5.41 Å². The van der Waals surface area contributed by atoms with Crippen LogP contribution in [0.5, 0.6) is 0 Å². The van der Waals surface area contributed by atoms with Crippen molar-refractivity contribution in [2.45, 2.75) is 39.2 Å². The number of carbonyl (C=O) groups is 3. The minimum atomic E-state index is -0.718. The Morgan fingerprint density at radius 3 is 2.37 bits per heavy atom. The van der Waals surface area contributed by atoms with Gasteiger partial charge in [-0.1, -0.05) is 36.0 Å². The second kappa shape index (κ2) is 10.2. The molecule has 2 rings (SSSR count). The summed E-state index contributed by atoms with van der Waals surface area (Å²) < 4.78 is 5.14. The Bertz CT molecular complexity index is 667. The fourth-order valence-electron chi connectivity index (χ4n) is 3.30. The van der Waals surface area contributed by atoms with E-state index >= 15 is 0 Å². The number of ether oxygens (including phenoxy) is 1. The predicted molar refractivity (Wildman–Crippen MR) is 111 cm³/mol. The van der Waals surface area contributed by atoms with Gasteiger partial charge in [0, 0.05) is 12.7 Å². The average molecular weight is 410 g/mol. The Balaban J connectivity index is 2.20. The van der Waals surface area contributed by atoms with E-state index < -0.39 is 17.4 Å². The number of carbonyl (C=O) groups excluding carboxylic acids is 3. The summed E-state index contributed by atoms with van der Waals surface area (Å²) in [7, 11) is 0. The zero-order valence-corrected chi connectivity index (χ0v) is 17.7. The first kappa shape index (κ1) is 21.8. The molecule has 0 saturated carbocycles. The summed E-state index contributed by atoms with van der Waals surface area (Å²) in [6.45, 7) is 3.55. The molecule has 0 bridgehead atoms. The Hall–Kier alpha value is -1.47. The zero-order valence-electron chi connectivity index (χ0n) is 16.1. The quantitative estimate of drug-likeness (QED) is 0.633. The number of esters is 1. The van der Waals surface area contributed by atoms with Crippen LogP contribution < -0.4 is 5.32 Å². The van der Waals surface area contributed by atoms with Gasteiger partial charge in [0.15, 0.2) is 5.12 Å². The number of amides is 1. The van der Waals surface area contributed by atoms with Gasteiger partial charge in [0.2, 0.25) is 5.91 Å². The van der Waals surface area contributed by atoms with Crippen LogP contribution in [0.4, 0.5) is 0 Å². The Morgan fingerprint density at radius 2 is 1.85 bits per heavy atom. The van der Waals surface area contributed by atoms with Crippen LogP contribution in [0.2, 0.25) is 0 Å². The van der Waals surface area contributed by atoms with E-state index in [1.807, 2.05) is 30.5 Å². The highest BCUT2D eigenvalue weighted by Gasteiger charge is 2.45. The summed E-state index contributed by atoms with van der Waals surface area (Å²) >= 11 is 2.79. The van der Waals surface area contributed by atoms with Crippen LogP contribution in [0.15, 0.2) is 24.3 Å². The van der Waals surface area contributed by atoms with Crippen LogP contribution >= 0.6 is 23.5 Å². The number of fused-ring (bicyclic) bond motifs is 1. The minimum Gasteiger partial charge on any atom is -0.464 e. The maximum Gasteiger partial charge on any atom is 0.328 e. The predicted octanol–water partition coefficient (Wildman–Crippen LogP) is 2.85. The van der Waals surface area contributed by atoms with E-state index in [0.717, 1.165) is 16.9 Å². The maximum absolute atomic E-state index is 13.3. The smallest absolute Gasteiger partial charge is 0.328 e. The molecule has 1 aromatic carbocycles. The van der Waals surface area contributed by atoms with Crippen molar-refractivity contribution in [3.05, 3.63) is 35.4 Å². The van der Waals surface area contributed by atoms with Gasteiger partial charge < -0.3 is 10.1 Å². The normalized spacial score (nSPS) is 15.7. The van der Waals surface area contributed by atoms with Crippen molar-refractivity contribution in [3.8, 4) is 0 Å². The van der Waals surface area contributed by atoms with E-state index in [1.165, 1.54) is 18.7 Å². The SMILES string of the molecule is CCOC(=O)C(CCSC)NC(=O)C1(CSC(C)=O)Cc2ccccc2C1. The number of hydrogen-bond acceptors (Lipinski definition) is 6. The molecule has 0 radical (unpaired) electrons. The second-order valence-corrected chi connectivity index (χ2v) is 8.88. The number of hydrogen-bond donors (Lipinski definition) is 1. The van der Waals surface area contributed by atoms with Gasteiger partial charge in [-0.3, -0.25) is 9.59 Å². The minimum absolute atomic E-state index is 0.0116. The number of thioether (sulfide) groups is 2. The first-order valence-electron chi connectivity index (χ1n) is 9.08. The van der Waals surface area contributed by atoms with Crippen molar-refractivity contribution in [1.82, 2.24) is 5.32 Å². The summed E-state index contributed by atoms with van der Waals surface area (Å²) in [4.78, 5) is 37.1. The Labute approximate surface area is 169 Å². The van der Waals surface area contributed by atoms with E-state index in [0.29, 0.717) is 25.0 Å². The summed E-state index contributed by atoms with van der Waals surface area (Å²) in [5, 5.41) is 2.91. The molecule has 1 atom stereocenters. The second-order valence-electron chi connectivity index (χ2n) is 6.74. The van der Waals surface area contributed by atoms with Gasteiger partial charge in [0.1, 0.15) is 6.04 Å². The summed E-state index contributed by atoms with van der Waals surface area (Å²) in [6.07, 6.45) is 3.64. The zero-order chi connectivity index (χ0) is 19.9. The van der Waals surface area contributed by atoms with Gasteiger partial charge >= 0.3 is 5.97 Å². The summed E-state index contributed by atoms with van der Waals surface area (Å²) in [6, 6.07) is 7.32. The lowest BCUT2D eigenvalue weighted by Gasteiger charge is -2.29. The lowest BCUT2D eigenvalue weighted by atomic mass is 9.85. The standard InChI is InChI=1S/C20H27NO4S2/c1-4-25-18(23)17(9-10-26-3)21-19(24)20(13-27-14(2)22)11-15-7-5-6-8-16(15)12-20/h5-8,17H,4,9-13H2,1-3H3,(H,21,24). The fourth-order valence-corrected chi connectivity index (χ4v) is 4.59. The van der Waals surface area contributed by atoms with Crippen molar-refractivity contribution >= 4 is 40.5 Å². The first-order valence-corrected chi connectivity index (χ1v) is 11.5. The Morgan fingerprint density at radius 1 is 1.22 bits per heavy atom. The van der Waals surface area contributed by atoms with Crippen molar-refractivity contribution < 1.29 is 19.1 Å². The first-order chi connectivity index (χ1) is 12.9. The molecule has 27 heavy (non-hydrogen) atoms. The molecule has 0 aliphatic heterocycles. The van der Waals surface area contributed by atoms with Gasteiger partial charge in [-0.05, 0) is 49.3 Å². The highest BCUT2D eigenvalue weighted by molar-refractivity contribution is 8.13. The largest absolute Gasteiger partial charge is 0.464 e. The topological polar surface area (TPSA) is 72.5 Å². The van der Waals surface area contributed by atoms with Crippen LogP contribution in [0.1, 0.15) is 31.4 Å². The molecule has 7 heteroatoms. The van der Waals surface area contributed by atoms with Crippen molar-refractivity contribution in [2.75, 3.05) is 24.4 Å². The molecule has 0 aromatic heterocycles. The molecule has 0 saturated heterocycles. The van der Waals surface area contributed by atoms with Crippen LogP contribution in [-0.4, -0.2) is 47.4 Å². The number of rotatable bonds is 9. The van der Waals surface area contributed by atoms with Crippen molar-refractivity contribution in [3.63, 3.8) is 0 Å². The van der Waals surface area contributed by atoms with Gasteiger partial charge in [0.05, 0.1) is 12.0 Å². The van der Waals surface area contributed by atoms with E-state index in [9.17, 15) is 14.4 Å². The molecule has 148 valence electrons. The molecule has 1 N–H and O–H groups in total. The molecule has 0 heterocycles. The van der Waals surface area contributed by atoms with Gasteiger partial charge in [0.25, 0.3) is 0 Å². The highest BCUT2D eigenvalue weighted by atomic mass is 32.2. The third-order valence-corrected chi connectivity index (χ3v) is 6.44. The van der Waals surface area contributed by atoms with E-state index in [-0.39, 0.29) is 17.6 Å². The molecule has 1 amide bonds. The molecule has 1 aromatic rings. The number of benzene rings is 1. The van der Waals surface area contributed by atoms with Crippen LogP contribution in [0, 0.1) is 5.41 Å². The summed E-state index contributed by atoms with van der Waals surface area (Å²) in [5.74, 6) is 0.580. The molecule has 0 fully saturated rings. The Kier molecular flexibility index (Phi) is 8.23. The van der Waals surface area contributed by atoms with Gasteiger partial charge in [-0.15, -0.1) is 0 Å². The fraction of sp³-hybridized carbons (Fsp3) is 0.550. The van der Waals surface area contributed by atoms with Gasteiger partial charge in [-0.25, -0.2) is 4.79 Å². The maximum atomic E-state index is 13.3. The third kappa shape index (κ3) is 5.75. The van der Waals surface area contributed by atoms with Crippen LogP contribution in [-0.2, 0) is 32.0 Å². The van der Waals surface area contributed by atoms with Crippen molar-refractivity contribution in [1.29, 1.82) is 0 Å². The monoisotopic (exact) mass is 409 g/mol. The summed E-state index contributed by atoms with van der Waals surface area (Å²) in [5.41, 5.74) is 1.55. The number of nitrogens with one attached hydrogen (secondary N) is 1. The molecule has 5 nitrogen and oxygen atoms in total. The van der Waals surface area contributed by atoms with Crippen LogP contribution in [0.25, 0.3) is 0 Å². The van der Waals surface area contributed by atoms with Gasteiger partial charge in [-0.2, -0.15) is 11.8 Å². The van der Waals surface area contributed by atoms with E-state index in [4.69, 9.17) is 4.74 Å².